The lowest BCUT2D eigenvalue weighted by atomic mass is 9.91. The van der Waals surface area contributed by atoms with Gasteiger partial charge in [0.25, 0.3) is 5.91 Å². The fourth-order valence-corrected chi connectivity index (χ4v) is 3.43. The van der Waals surface area contributed by atoms with Gasteiger partial charge in [0.1, 0.15) is 10.7 Å². The molecule has 0 saturated carbocycles. The number of amides is 1. The number of aromatic nitrogens is 2. The normalized spacial score (nSPS) is 18.3. The second kappa shape index (κ2) is 6.44. The number of thiazole rings is 1. The van der Waals surface area contributed by atoms with Crippen LogP contribution in [-0.4, -0.2) is 48.0 Å². The van der Waals surface area contributed by atoms with E-state index in [1.54, 1.807) is 11.7 Å². The Bertz CT molecular complexity index is 641. The molecule has 1 aliphatic heterocycles. The maximum atomic E-state index is 12.5. The van der Waals surface area contributed by atoms with E-state index in [-0.39, 0.29) is 5.91 Å². The topological polar surface area (TPSA) is 49.3 Å². The minimum Gasteiger partial charge on any atom is -0.363 e. The van der Waals surface area contributed by atoms with Gasteiger partial charge in [0, 0.05) is 39.3 Å². The molecular formula is C16H20N4OS. The molecule has 0 aliphatic carbocycles. The minimum absolute atomic E-state index is 0.106. The molecule has 116 valence electrons. The van der Waals surface area contributed by atoms with Crippen molar-refractivity contribution in [2.75, 3.05) is 32.1 Å². The van der Waals surface area contributed by atoms with Crippen molar-refractivity contribution in [3.05, 3.63) is 40.5 Å². The Morgan fingerprint density at radius 1 is 1.45 bits per heavy atom. The Morgan fingerprint density at radius 3 is 3.05 bits per heavy atom. The summed E-state index contributed by atoms with van der Waals surface area (Å²) in [4.78, 5) is 25.5. The van der Waals surface area contributed by atoms with Gasteiger partial charge in [0.2, 0.25) is 0 Å². The summed E-state index contributed by atoms with van der Waals surface area (Å²) in [6.07, 6.45) is 5.67. The lowest BCUT2D eigenvalue weighted by Gasteiger charge is -2.33. The van der Waals surface area contributed by atoms with Crippen molar-refractivity contribution in [2.45, 2.75) is 18.8 Å². The van der Waals surface area contributed by atoms with Crippen molar-refractivity contribution < 1.29 is 4.79 Å². The van der Waals surface area contributed by atoms with Gasteiger partial charge in [-0.05, 0) is 30.5 Å². The van der Waals surface area contributed by atoms with Crippen LogP contribution in [0.4, 0.5) is 5.82 Å². The quantitative estimate of drug-likeness (QED) is 0.873. The van der Waals surface area contributed by atoms with E-state index in [2.05, 4.69) is 22.1 Å². The summed E-state index contributed by atoms with van der Waals surface area (Å²) >= 11 is 1.41. The van der Waals surface area contributed by atoms with E-state index < -0.39 is 0 Å². The average molecular weight is 316 g/mol. The van der Waals surface area contributed by atoms with Gasteiger partial charge in [-0.1, -0.05) is 0 Å². The molecular weight excluding hydrogens is 296 g/mol. The molecule has 0 radical (unpaired) electrons. The first-order valence-electron chi connectivity index (χ1n) is 7.46. The Morgan fingerprint density at radius 2 is 2.32 bits per heavy atom. The molecule has 3 rings (SSSR count). The van der Waals surface area contributed by atoms with E-state index in [9.17, 15) is 4.79 Å². The highest BCUT2D eigenvalue weighted by Gasteiger charge is 2.26. The summed E-state index contributed by atoms with van der Waals surface area (Å²) in [6.45, 7) is 1.60. The van der Waals surface area contributed by atoms with Crippen molar-refractivity contribution >= 4 is 23.1 Å². The number of hydrogen-bond acceptors (Lipinski definition) is 5. The molecule has 0 bridgehead atoms. The fraction of sp³-hybridized carbons (Fsp3) is 0.438. The monoisotopic (exact) mass is 316 g/mol. The van der Waals surface area contributed by atoms with Gasteiger partial charge in [0.05, 0.1) is 11.7 Å². The molecule has 2 aromatic heterocycles. The van der Waals surface area contributed by atoms with E-state index in [4.69, 9.17) is 0 Å². The summed E-state index contributed by atoms with van der Waals surface area (Å²) in [5.74, 6) is 1.45. The van der Waals surface area contributed by atoms with Gasteiger partial charge in [-0.15, -0.1) is 11.3 Å². The van der Waals surface area contributed by atoms with Gasteiger partial charge < -0.3 is 9.80 Å². The molecule has 6 heteroatoms. The number of carbonyl (C=O) groups excluding carboxylic acids is 1. The zero-order valence-electron chi connectivity index (χ0n) is 12.9. The smallest absolute Gasteiger partial charge is 0.265 e. The molecule has 22 heavy (non-hydrogen) atoms. The molecule has 1 atom stereocenters. The predicted octanol–water partition coefficient (Wildman–Crippen LogP) is 2.62. The number of likely N-dealkylation sites (tertiary alicyclic amines) is 1. The van der Waals surface area contributed by atoms with Crippen molar-refractivity contribution in [1.29, 1.82) is 0 Å². The van der Waals surface area contributed by atoms with Crippen LogP contribution >= 0.6 is 11.3 Å². The van der Waals surface area contributed by atoms with E-state index >= 15 is 0 Å². The molecule has 2 aromatic rings. The molecule has 3 heterocycles. The molecule has 1 amide bonds. The summed E-state index contributed by atoms with van der Waals surface area (Å²) in [5, 5.41) is 0. The van der Waals surface area contributed by atoms with Crippen LogP contribution in [0.15, 0.2) is 30.0 Å². The first-order valence-corrected chi connectivity index (χ1v) is 8.34. The number of hydrogen-bond donors (Lipinski definition) is 0. The summed E-state index contributed by atoms with van der Waals surface area (Å²) in [5.41, 5.74) is 2.97. The highest BCUT2D eigenvalue weighted by atomic mass is 32.1. The highest BCUT2D eigenvalue weighted by Crippen LogP contribution is 2.29. The van der Waals surface area contributed by atoms with Crippen LogP contribution in [0.25, 0.3) is 0 Å². The molecule has 0 unspecified atom stereocenters. The van der Waals surface area contributed by atoms with E-state index in [1.165, 1.54) is 16.9 Å². The third kappa shape index (κ3) is 3.11. The Labute approximate surface area is 134 Å². The second-order valence-corrected chi connectivity index (χ2v) is 6.68. The van der Waals surface area contributed by atoms with Crippen LogP contribution < -0.4 is 4.90 Å². The standard InChI is InChI=1S/C16H20N4OS/c1-19(2)15-8-12(5-6-18-15)13-4-3-7-20(10-13)16(21)14-9-17-11-22-14/h5-6,8-9,11,13H,3-4,7,10H2,1-2H3/t13-/m0/s1. The maximum absolute atomic E-state index is 12.5. The Balaban J connectivity index is 1.75. The molecule has 0 spiro atoms. The first-order chi connectivity index (χ1) is 10.6. The summed E-state index contributed by atoms with van der Waals surface area (Å²) in [6, 6.07) is 4.20. The lowest BCUT2D eigenvalue weighted by molar-refractivity contribution is 0.0712. The maximum Gasteiger partial charge on any atom is 0.265 e. The van der Waals surface area contributed by atoms with Crippen molar-refractivity contribution in [3.8, 4) is 0 Å². The zero-order valence-corrected chi connectivity index (χ0v) is 13.7. The number of carbonyl (C=O) groups is 1. The first kappa shape index (κ1) is 15.0. The number of anilines is 1. The summed E-state index contributed by atoms with van der Waals surface area (Å²) < 4.78 is 0. The van der Waals surface area contributed by atoms with E-state index in [0.717, 1.165) is 36.6 Å². The van der Waals surface area contributed by atoms with Crippen molar-refractivity contribution in [3.63, 3.8) is 0 Å². The lowest BCUT2D eigenvalue weighted by Crippen LogP contribution is -2.38. The Kier molecular flexibility index (Phi) is 4.38. The van der Waals surface area contributed by atoms with Crippen LogP contribution in [0.3, 0.4) is 0 Å². The molecule has 0 N–H and O–H groups in total. The number of pyridine rings is 1. The average Bonchev–Trinajstić information content (AvgIpc) is 3.09. The largest absolute Gasteiger partial charge is 0.363 e. The molecule has 0 aromatic carbocycles. The molecule has 5 nitrogen and oxygen atoms in total. The highest BCUT2D eigenvalue weighted by molar-refractivity contribution is 7.11. The minimum atomic E-state index is 0.106. The zero-order chi connectivity index (χ0) is 15.5. The second-order valence-electron chi connectivity index (χ2n) is 5.80. The van der Waals surface area contributed by atoms with Gasteiger partial charge >= 0.3 is 0 Å². The van der Waals surface area contributed by atoms with Gasteiger partial charge in [-0.25, -0.2) is 4.98 Å². The van der Waals surface area contributed by atoms with Crippen LogP contribution in [0.5, 0.6) is 0 Å². The summed E-state index contributed by atoms with van der Waals surface area (Å²) in [7, 11) is 3.99. The third-order valence-electron chi connectivity index (χ3n) is 4.05. The number of piperidine rings is 1. The van der Waals surface area contributed by atoms with Gasteiger partial charge in [-0.2, -0.15) is 0 Å². The Hall–Kier alpha value is -1.95. The van der Waals surface area contributed by atoms with Crippen LogP contribution in [0, 0.1) is 0 Å². The predicted molar refractivity (Wildman–Crippen MR) is 88.6 cm³/mol. The number of rotatable bonds is 3. The van der Waals surface area contributed by atoms with Crippen molar-refractivity contribution in [2.24, 2.45) is 0 Å². The van der Waals surface area contributed by atoms with Crippen LogP contribution in [-0.2, 0) is 0 Å². The van der Waals surface area contributed by atoms with Crippen LogP contribution in [0.1, 0.15) is 34.0 Å². The van der Waals surface area contributed by atoms with E-state index in [1.807, 2.05) is 30.1 Å². The van der Waals surface area contributed by atoms with E-state index in [0.29, 0.717) is 5.92 Å². The molecule has 1 saturated heterocycles. The van der Waals surface area contributed by atoms with Crippen molar-refractivity contribution in [1.82, 2.24) is 14.9 Å². The molecule has 1 aliphatic rings. The molecule has 1 fully saturated rings. The van der Waals surface area contributed by atoms with Crippen LogP contribution in [0.2, 0.25) is 0 Å². The van der Waals surface area contributed by atoms with Gasteiger partial charge in [-0.3, -0.25) is 9.78 Å². The number of nitrogens with zero attached hydrogens (tertiary/aromatic N) is 4. The van der Waals surface area contributed by atoms with Gasteiger partial charge in [0.15, 0.2) is 0 Å². The third-order valence-corrected chi connectivity index (χ3v) is 4.81. The fourth-order valence-electron chi connectivity index (χ4n) is 2.84. The SMILES string of the molecule is CN(C)c1cc([C@H]2CCCN(C(=O)c3cncs3)C2)ccn1.